The fourth-order valence-electron chi connectivity index (χ4n) is 5.24. The first-order valence-electron chi connectivity index (χ1n) is 15.3. The van der Waals surface area contributed by atoms with E-state index in [2.05, 4.69) is 29.9 Å². The molecule has 0 atom stereocenters. The molecule has 4 heterocycles. The zero-order chi connectivity index (χ0) is 32.5. The molecule has 1 fully saturated rings. The molecule has 5 rings (SSSR count). The van der Waals surface area contributed by atoms with Crippen LogP contribution in [0.5, 0.6) is 5.75 Å². The van der Waals surface area contributed by atoms with Gasteiger partial charge in [0.15, 0.2) is 5.65 Å². The smallest absolute Gasteiger partial charge is 0.387 e. The summed E-state index contributed by atoms with van der Waals surface area (Å²) in [5.74, 6) is -0.285. The minimum atomic E-state index is -2.97. The maximum atomic E-state index is 13.4. The summed E-state index contributed by atoms with van der Waals surface area (Å²) in [4.78, 5) is 25.2. The van der Waals surface area contributed by atoms with Crippen LogP contribution in [0.3, 0.4) is 0 Å². The number of ether oxygens (including phenoxy) is 2. The van der Waals surface area contributed by atoms with Crippen molar-refractivity contribution >= 4 is 36.0 Å². The molecule has 11 nitrogen and oxygen atoms in total. The van der Waals surface area contributed by atoms with Gasteiger partial charge in [0, 0.05) is 58.0 Å². The maximum absolute atomic E-state index is 13.4. The Balaban J connectivity index is 1.52. The molecule has 1 aliphatic rings. The number of amides is 1. The second-order valence-corrected chi connectivity index (χ2v) is 19.5. The van der Waals surface area contributed by atoms with Crippen molar-refractivity contribution in [2.75, 3.05) is 26.2 Å². The molecule has 1 saturated heterocycles. The van der Waals surface area contributed by atoms with Crippen LogP contribution in [0, 0.1) is 0 Å². The Kier molecular flexibility index (Phi) is 9.59. The molecule has 0 aliphatic carbocycles. The first-order valence-corrected chi connectivity index (χ1v) is 19.0. The van der Waals surface area contributed by atoms with Crippen molar-refractivity contribution in [3.8, 4) is 17.1 Å². The maximum Gasteiger partial charge on any atom is 0.387 e. The summed E-state index contributed by atoms with van der Waals surface area (Å²) in [6, 6.07) is 5.74. The first-order chi connectivity index (χ1) is 21.2. The standard InChI is InChI=1S/C31H43F2N7O4Si/c1-31(2,3)36-29(42)23-18-39(19-43-12-13-45(4,5)6)28-27(23)35-24(15-34-28)26-22-14-21(44-30(32)33)8-9-25(22)40(37-26)11-7-10-38-16-20(41)17-38/h8-9,14-15,18,20,30,41H,7,10-13,16-17,19H2,1-6H3,(H,36,42). The van der Waals surface area contributed by atoms with Crippen LogP contribution in [0.4, 0.5) is 8.78 Å². The summed E-state index contributed by atoms with van der Waals surface area (Å²) in [6.07, 6.45) is 3.80. The number of fused-ring (bicyclic) bond motifs is 2. The highest BCUT2D eigenvalue weighted by Gasteiger charge is 2.25. The lowest BCUT2D eigenvalue weighted by Crippen LogP contribution is -2.50. The van der Waals surface area contributed by atoms with Crippen LogP contribution in [0.25, 0.3) is 33.5 Å². The average molecular weight is 644 g/mol. The summed E-state index contributed by atoms with van der Waals surface area (Å²) in [5.41, 5.74) is 2.33. The molecule has 0 unspecified atom stereocenters. The highest BCUT2D eigenvalue weighted by atomic mass is 28.3. The van der Waals surface area contributed by atoms with Gasteiger partial charge in [-0.3, -0.25) is 14.4 Å². The Morgan fingerprint density at radius 1 is 1.20 bits per heavy atom. The number of carbonyl (C=O) groups excluding carboxylic acids is 1. The molecule has 3 aromatic heterocycles. The topological polar surface area (TPSA) is 120 Å². The zero-order valence-electron chi connectivity index (χ0n) is 26.8. The molecule has 1 aliphatic heterocycles. The van der Waals surface area contributed by atoms with Crippen molar-refractivity contribution in [1.29, 1.82) is 0 Å². The lowest BCUT2D eigenvalue weighted by Gasteiger charge is -2.35. The number of aliphatic hydroxyl groups excluding tert-OH is 1. The van der Waals surface area contributed by atoms with Crippen molar-refractivity contribution in [2.45, 2.75) is 84.4 Å². The van der Waals surface area contributed by atoms with Crippen molar-refractivity contribution in [3.05, 3.63) is 36.2 Å². The van der Waals surface area contributed by atoms with Gasteiger partial charge in [0.25, 0.3) is 5.91 Å². The molecule has 1 aromatic carbocycles. The van der Waals surface area contributed by atoms with Gasteiger partial charge in [0.05, 0.1) is 23.4 Å². The Morgan fingerprint density at radius 3 is 2.62 bits per heavy atom. The van der Waals surface area contributed by atoms with Crippen molar-refractivity contribution in [1.82, 2.24) is 34.5 Å². The van der Waals surface area contributed by atoms with Crippen molar-refractivity contribution < 1.29 is 28.2 Å². The van der Waals surface area contributed by atoms with Gasteiger partial charge >= 0.3 is 6.61 Å². The number of β-amino-alcohol motifs (C(OH)–C–C–N with tert-alkyl or cyclic N) is 1. The number of nitrogens with zero attached hydrogens (tertiary/aromatic N) is 6. The molecule has 1 amide bonds. The number of aryl methyl sites for hydroxylation is 1. The van der Waals surface area contributed by atoms with Gasteiger partial charge in [-0.2, -0.15) is 13.9 Å². The number of nitrogens with one attached hydrogen (secondary N) is 1. The predicted molar refractivity (Wildman–Crippen MR) is 171 cm³/mol. The number of halogens is 2. The van der Waals surface area contributed by atoms with Gasteiger partial charge in [-0.1, -0.05) is 19.6 Å². The monoisotopic (exact) mass is 643 g/mol. The van der Waals surface area contributed by atoms with Crippen molar-refractivity contribution in [3.63, 3.8) is 0 Å². The zero-order valence-corrected chi connectivity index (χ0v) is 27.8. The SMILES string of the molecule is CC(C)(C)NC(=O)c1cn(COCC[Si](C)(C)C)c2ncc(-c3nn(CCCN4CC(O)C4)c4ccc(OC(F)F)cc34)nc12. The van der Waals surface area contributed by atoms with E-state index in [-0.39, 0.29) is 24.5 Å². The Bertz CT molecular complexity index is 1660. The summed E-state index contributed by atoms with van der Waals surface area (Å²) >= 11 is 0. The van der Waals surface area contributed by atoms with Gasteiger partial charge < -0.3 is 24.5 Å². The second kappa shape index (κ2) is 13.1. The lowest BCUT2D eigenvalue weighted by atomic mass is 10.1. The van der Waals surface area contributed by atoms with Crippen LogP contribution in [0.1, 0.15) is 37.6 Å². The van der Waals surface area contributed by atoms with E-state index in [9.17, 15) is 18.7 Å². The van der Waals surface area contributed by atoms with E-state index < -0.39 is 20.2 Å². The normalized spacial score (nSPS) is 14.9. The van der Waals surface area contributed by atoms with E-state index in [0.717, 1.165) is 24.5 Å². The number of aliphatic hydroxyl groups is 1. The Hall–Kier alpha value is -3.46. The molecule has 45 heavy (non-hydrogen) atoms. The van der Waals surface area contributed by atoms with E-state index >= 15 is 0 Å². The molecule has 0 spiro atoms. The summed E-state index contributed by atoms with van der Waals surface area (Å²) in [6.45, 7) is 13.1. The number of likely N-dealkylation sites (tertiary alicyclic amines) is 1. The van der Waals surface area contributed by atoms with Crippen LogP contribution in [-0.4, -0.2) is 92.8 Å². The number of aromatic nitrogens is 5. The third-order valence-corrected chi connectivity index (χ3v) is 9.20. The summed E-state index contributed by atoms with van der Waals surface area (Å²) < 4.78 is 40.5. The van der Waals surface area contributed by atoms with Gasteiger partial charge in [-0.25, -0.2) is 9.97 Å². The lowest BCUT2D eigenvalue weighted by molar-refractivity contribution is -0.0497. The Morgan fingerprint density at radius 2 is 1.96 bits per heavy atom. The van der Waals surface area contributed by atoms with Crippen LogP contribution >= 0.6 is 0 Å². The highest BCUT2D eigenvalue weighted by Crippen LogP contribution is 2.32. The highest BCUT2D eigenvalue weighted by molar-refractivity contribution is 6.76. The number of benzene rings is 1. The van der Waals surface area contributed by atoms with Crippen LogP contribution in [-0.2, 0) is 18.0 Å². The first kappa shape index (κ1) is 32.9. The van der Waals surface area contributed by atoms with E-state index in [0.29, 0.717) is 59.7 Å². The fraction of sp³-hybridized carbons (Fsp3) is 0.548. The number of hydrogen-bond acceptors (Lipinski definition) is 8. The van der Waals surface area contributed by atoms with Gasteiger partial charge in [0.1, 0.15) is 29.4 Å². The molecule has 4 aromatic rings. The third kappa shape index (κ3) is 8.23. The quantitative estimate of drug-likeness (QED) is 0.155. The number of alkyl halides is 2. The summed E-state index contributed by atoms with van der Waals surface area (Å²) in [7, 11) is -1.28. The molecule has 244 valence electrons. The Labute approximate surface area is 262 Å². The number of carbonyl (C=O) groups is 1. The molecular formula is C31H43F2N7O4Si. The molecular weight excluding hydrogens is 600 g/mol. The number of rotatable bonds is 13. The molecule has 14 heteroatoms. The fourth-order valence-corrected chi connectivity index (χ4v) is 6.00. The number of hydrogen-bond donors (Lipinski definition) is 2. The van der Waals surface area contributed by atoms with E-state index in [1.807, 2.05) is 25.5 Å². The second-order valence-electron chi connectivity index (χ2n) is 13.9. The molecule has 0 saturated carbocycles. The van der Waals surface area contributed by atoms with Crippen molar-refractivity contribution in [2.24, 2.45) is 0 Å². The predicted octanol–water partition coefficient (Wildman–Crippen LogP) is 4.96. The minimum absolute atomic E-state index is 0.00812. The molecule has 0 bridgehead atoms. The molecule has 2 N–H and O–H groups in total. The largest absolute Gasteiger partial charge is 0.435 e. The van der Waals surface area contributed by atoms with E-state index in [1.165, 1.54) is 12.1 Å². The van der Waals surface area contributed by atoms with Crippen LogP contribution < -0.4 is 10.1 Å². The third-order valence-electron chi connectivity index (χ3n) is 7.50. The molecule has 0 radical (unpaired) electrons. The van der Waals surface area contributed by atoms with Gasteiger partial charge in [-0.15, -0.1) is 0 Å². The van der Waals surface area contributed by atoms with Crippen LogP contribution in [0.2, 0.25) is 25.7 Å². The van der Waals surface area contributed by atoms with E-state index in [1.54, 1.807) is 23.0 Å². The van der Waals surface area contributed by atoms with E-state index in [4.69, 9.17) is 24.5 Å². The van der Waals surface area contributed by atoms with Gasteiger partial charge in [-0.05, 0) is 51.4 Å². The summed E-state index contributed by atoms with van der Waals surface area (Å²) in [5, 5.41) is 18.0. The minimum Gasteiger partial charge on any atom is -0.435 e. The van der Waals surface area contributed by atoms with Gasteiger partial charge in [0.2, 0.25) is 0 Å². The average Bonchev–Trinajstić information content (AvgIpc) is 3.46. The van der Waals surface area contributed by atoms with Crippen LogP contribution in [0.15, 0.2) is 30.6 Å².